The number of hydrogen-bond acceptors (Lipinski definition) is 1. The molecule has 0 amide bonds. The third-order valence-electron chi connectivity index (χ3n) is 3.27. The summed E-state index contributed by atoms with van der Waals surface area (Å²) in [5, 5.41) is 3.47. The van der Waals surface area contributed by atoms with Gasteiger partial charge in [0.15, 0.2) is 0 Å². The van der Waals surface area contributed by atoms with Crippen LogP contribution in [-0.2, 0) is 6.54 Å². The average molecular weight is 225 g/mol. The number of rotatable bonds is 3. The van der Waals surface area contributed by atoms with E-state index in [0.717, 1.165) is 6.54 Å². The molecule has 88 valence electrons. The van der Waals surface area contributed by atoms with Gasteiger partial charge in [-0.15, -0.1) is 0 Å². The summed E-state index contributed by atoms with van der Waals surface area (Å²) in [4.78, 5) is 0. The van der Waals surface area contributed by atoms with Crippen LogP contribution < -0.4 is 5.32 Å². The van der Waals surface area contributed by atoms with Gasteiger partial charge in [0, 0.05) is 12.2 Å². The van der Waals surface area contributed by atoms with Crippen molar-refractivity contribution in [2.75, 3.05) is 5.32 Å². The Morgan fingerprint density at radius 2 is 1.47 bits per heavy atom. The Labute approximate surface area is 103 Å². The Bertz CT molecular complexity index is 477. The van der Waals surface area contributed by atoms with Crippen LogP contribution in [0.1, 0.15) is 22.3 Å². The minimum Gasteiger partial charge on any atom is -0.381 e. The summed E-state index contributed by atoms with van der Waals surface area (Å²) in [6.45, 7) is 7.38. The van der Waals surface area contributed by atoms with Gasteiger partial charge in [0.2, 0.25) is 0 Å². The molecule has 0 saturated heterocycles. The van der Waals surface area contributed by atoms with E-state index in [1.54, 1.807) is 0 Å². The molecule has 1 nitrogen and oxygen atoms in total. The van der Waals surface area contributed by atoms with Crippen molar-refractivity contribution in [1.29, 1.82) is 0 Å². The molecule has 0 unspecified atom stereocenters. The van der Waals surface area contributed by atoms with E-state index in [9.17, 15) is 0 Å². The normalized spacial score (nSPS) is 10.3. The molecule has 0 bridgehead atoms. The second-order valence-electron chi connectivity index (χ2n) is 4.57. The number of aryl methyl sites for hydroxylation is 2. The topological polar surface area (TPSA) is 12.0 Å². The van der Waals surface area contributed by atoms with Gasteiger partial charge in [-0.25, -0.2) is 0 Å². The summed E-state index contributed by atoms with van der Waals surface area (Å²) >= 11 is 0. The molecule has 0 saturated carbocycles. The fourth-order valence-corrected chi connectivity index (χ4v) is 1.94. The number of hydrogen-bond donors (Lipinski definition) is 1. The molecule has 0 aliphatic carbocycles. The van der Waals surface area contributed by atoms with Gasteiger partial charge in [-0.3, -0.25) is 0 Å². The fourth-order valence-electron chi connectivity index (χ4n) is 1.94. The van der Waals surface area contributed by atoms with Crippen LogP contribution in [0.25, 0.3) is 0 Å². The predicted molar refractivity (Wildman–Crippen MR) is 74.4 cm³/mol. The van der Waals surface area contributed by atoms with Crippen molar-refractivity contribution in [1.82, 2.24) is 0 Å². The maximum Gasteiger partial charge on any atom is 0.0400 e. The van der Waals surface area contributed by atoms with Crippen molar-refractivity contribution in [2.45, 2.75) is 27.3 Å². The zero-order valence-electron chi connectivity index (χ0n) is 10.7. The van der Waals surface area contributed by atoms with Gasteiger partial charge in [-0.05, 0) is 55.2 Å². The minimum absolute atomic E-state index is 0.878. The summed E-state index contributed by atoms with van der Waals surface area (Å²) in [5.74, 6) is 0. The molecule has 0 radical (unpaired) electrons. The van der Waals surface area contributed by atoms with Gasteiger partial charge in [0.05, 0.1) is 0 Å². The van der Waals surface area contributed by atoms with Crippen molar-refractivity contribution in [2.24, 2.45) is 0 Å². The molecule has 0 heterocycles. The lowest BCUT2D eigenvalue weighted by molar-refractivity contribution is 1.14. The van der Waals surface area contributed by atoms with E-state index in [4.69, 9.17) is 0 Å². The Kier molecular flexibility index (Phi) is 3.48. The predicted octanol–water partition coefficient (Wildman–Crippen LogP) is 4.22. The lowest BCUT2D eigenvalue weighted by Crippen LogP contribution is -2.00. The first-order valence-electron chi connectivity index (χ1n) is 6.02. The lowest BCUT2D eigenvalue weighted by Gasteiger charge is -2.11. The smallest absolute Gasteiger partial charge is 0.0400 e. The van der Waals surface area contributed by atoms with Gasteiger partial charge in [-0.1, -0.05) is 30.3 Å². The molecular formula is C16H19N. The average Bonchev–Trinajstić information content (AvgIpc) is 2.34. The van der Waals surface area contributed by atoms with Crippen LogP contribution in [0.3, 0.4) is 0 Å². The van der Waals surface area contributed by atoms with E-state index in [1.165, 1.54) is 27.9 Å². The molecule has 0 atom stereocenters. The molecular weight excluding hydrogens is 206 g/mol. The SMILES string of the molecule is Cc1cc(NCc2ccccc2)cc(C)c1C. The van der Waals surface area contributed by atoms with E-state index in [-0.39, 0.29) is 0 Å². The maximum atomic E-state index is 3.47. The minimum atomic E-state index is 0.878. The molecule has 0 aliphatic heterocycles. The maximum absolute atomic E-state index is 3.47. The van der Waals surface area contributed by atoms with E-state index >= 15 is 0 Å². The zero-order valence-corrected chi connectivity index (χ0v) is 10.7. The highest BCUT2D eigenvalue weighted by Gasteiger charge is 2.00. The van der Waals surface area contributed by atoms with Crippen LogP contribution in [0, 0.1) is 20.8 Å². The van der Waals surface area contributed by atoms with Crippen molar-refractivity contribution in [3.8, 4) is 0 Å². The quantitative estimate of drug-likeness (QED) is 0.824. The van der Waals surface area contributed by atoms with E-state index < -0.39 is 0 Å². The van der Waals surface area contributed by atoms with Crippen LogP contribution in [-0.4, -0.2) is 0 Å². The van der Waals surface area contributed by atoms with Crippen LogP contribution in [0.5, 0.6) is 0 Å². The molecule has 17 heavy (non-hydrogen) atoms. The Morgan fingerprint density at radius 1 is 0.882 bits per heavy atom. The van der Waals surface area contributed by atoms with Gasteiger partial charge < -0.3 is 5.32 Å². The highest BCUT2D eigenvalue weighted by atomic mass is 14.9. The molecule has 0 aliphatic rings. The van der Waals surface area contributed by atoms with Crippen LogP contribution >= 0.6 is 0 Å². The molecule has 1 N–H and O–H groups in total. The van der Waals surface area contributed by atoms with Gasteiger partial charge in [0.1, 0.15) is 0 Å². The number of anilines is 1. The number of nitrogens with one attached hydrogen (secondary N) is 1. The Morgan fingerprint density at radius 3 is 2.06 bits per heavy atom. The highest BCUT2D eigenvalue weighted by Crippen LogP contribution is 2.19. The Balaban J connectivity index is 2.10. The second kappa shape index (κ2) is 5.05. The lowest BCUT2D eigenvalue weighted by atomic mass is 10.0. The summed E-state index contributed by atoms with van der Waals surface area (Å²) in [5.41, 5.74) is 6.59. The van der Waals surface area contributed by atoms with Gasteiger partial charge in [0.25, 0.3) is 0 Å². The van der Waals surface area contributed by atoms with Crippen molar-refractivity contribution in [3.63, 3.8) is 0 Å². The van der Waals surface area contributed by atoms with E-state index in [0.29, 0.717) is 0 Å². The Hall–Kier alpha value is -1.76. The van der Waals surface area contributed by atoms with Crippen LogP contribution in [0.4, 0.5) is 5.69 Å². The third-order valence-corrected chi connectivity index (χ3v) is 3.27. The van der Waals surface area contributed by atoms with Crippen molar-refractivity contribution >= 4 is 5.69 Å². The number of benzene rings is 2. The van der Waals surface area contributed by atoms with Crippen molar-refractivity contribution in [3.05, 3.63) is 64.7 Å². The molecule has 0 spiro atoms. The molecule has 0 fully saturated rings. The first kappa shape index (κ1) is 11.7. The van der Waals surface area contributed by atoms with Gasteiger partial charge in [-0.2, -0.15) is 0 Å². The van der Waals surface area contributed by atoms with Crippen molar-refractivity contribution < 1.29 is 0 Å². The highest BCUT2D eigenvalue weighted by molar-refractivity contribution is 5.52. The molecule has 0 aromatic heterocycles. The zero-order chi connectivity index (χ0) is 12.3. The largest absolute Gasteiger partial charge is 0.381 e. The van der Waals surface area contributed by atoms with E-state index in [1.807, 2.05) is 6.07 Å². The van der Waals surface area contributed by atoms with Crippen LogP contribution in [0.2, 0.25) is 0 Å². The first-order valence-corrected chi connectivity index (χ1v) is 6.02. The monoisotopic (exact) mass is 225 g/mol. The van der Waals surface area contributed by atoms with Crippen LogP contribution in [0.15, 0.2) is 42.5 Å². The first-order chi connectivity index (χ1) is 8.16. The fraction of sp³-hybridized carbons (Fsp3) is 0.250. The summed E-state index contributed by atoms with van der Waals surface area (Å²) in [6.07, 6.45) is 0. The molecule has 2 rings (SSSR count). The summed E-state index contributed by atoms with van der Waals surface area (Å²) in [6, 6.07) is 14.9. The van der Waals surface area contributed by atoms with E-state index in [2.05, 4.69) is 62.5 Å². The van der Waals surface area contributed by atoms with Gasteiger partial charge >= 0.3 is 0 Å². The standard InChI is InChI=1S/C16H19N/c1-12-9-16(10-13(2)14(12)3)17-11-15-7-5-4-6-8-15/h4-10,17H,11H2,1-3H3. The molecule has 2 aromatic carbocycles. The second-order valence-corrected chi connectivity index (χ2v) is 4.57. The molecule has 2 aromatic rings. The third kappa shape index (κ3) is 2.88. The summed E-state index contributed by atoms with van der Waals surface area (Å²) in [7, 11) is 0. The molecule has 1 heteroatoms. The summed E-state index contributed by atoms with van der Waals surface area (Å²) < 4.78 is 0.